The molecule has 6 heteroatoms. The van der Waals surface area contributed by atoms with Gasteiger partial charge in [0.1, 0.15) is 5.69 Å². The molecule has 1 N–H and O–H groups in total. The Hall–Kier alpha value is -3.28. The number of pyridine rings is 2. The van der Waals surface area contributed by atoms with Gasteiger partial charge in [0.15, 0.2) is 0 Å². The van der Waals surface area contributed by atoms with Crippen LogP contribution in [-0.2, 0) is 0 Å². The molecule has 0 radical (unpaired) electrons. The van der Waals surface area contributed by atoms with Crippen molar-refractivity contribution >= 4 is 28.4 Å². The number of rotatable bonds is 3. The molecule has 1 aliphatic heterocycles. The van der Waals surface area contributed by atoms with Gasteiger partial charge in [0.05, 0.1) is 11.2 Å². The van der Waals surface area contributed by atoms with Crippen LogP contribution in [0, 0.1) is 0 Å². The van der Waals surface area contributed by atoms with Crippen molar-refractivity contribution in [1.29, 1.82) is 0 Å². The Kier molecular flexibility index (Phi) is 5.28. The lowest BCUT2D eigenvalue weighted by Crippen LogP contribution is -2.32. The van der Waals surface area contributed by atoms with E-state index in [1.54, 1.807) is 18.3 Å². The number of aromatic nitrogens is 2. The predicted molar refractivity (Wildman–Crippen MR) is 108 cm³/mol. The second-order valence-electron chi connectivity index (χ2n) is 6.97. The van der Waals surface area contributed by atoms with Crippen LogP contribution >= 0.6 is 0 Å². The molecule has 1 saturated heterocycles. The van der Waals surface area contributed by atoms with E-state index >= 15 is 0 Å². The minimum atomic E-state index is -0.287. The molecule has 0 atom stereocenters. The van der Waals surface area contributed by atoms with Crippen molar-refractivity contribution in [2.45, 2.75) is 25.7 Å². The highest BCUT2D eigenvalue weighted by Crippen LogP contribution is 2.21. The molecule has 4 rings (SSSR count). The summed E-state index contributed by atoms with van der Waals surface area (Å²) in [5.74, 6) is -0.395. The minimum absolute atomic E-state index is 0.108. The first-order valence-electron chi connectivity index (χ1n) is 9.63. The summed E-state index contributed by atoms with van der Waals surface area (Å²) >= 11 is 0. The van der Waals surface area contributed by atoms with E-state index in [9.17, 15) is 9.59 Å². The number of carbonyl (C=O) groups excluding carboxylic acids is 2. The Morgan fingerprint density at radius 3 is 2.50 bits per heavy atom. The fourth-order valence-electron chi connectivity index (χ4n) is 3.52. The maximum atomic E-state index is 12.8. The largest absolute Gasteiger partial charge is 0.337 e. The highest BCUT2D eigenvalue weighted by atomic mass is 16.2. The number of para-hydroxylation sites is 1. The molecule has 1 aromatic carbocycles. The third kappa shape index (κ3) is 3.86. The molecule has 3 aromatic rings. The lowest BCUT2D eigenvalue weighted by atomic mass is 10.1. The number of likely N-dealkylation sites (tertiary alicyclic amines) is 1. The Balaban J connectivity index is 1.55. The van der Waals surface area contributed by atoms with Crippen LogP contribution in [0.1, 0.15) is 46.5 Å². The van der Waals surface area contributed by atoms with E-state index < -0.39 is 0 Å². The average molecular weight is 374 g/mol. The van der Waals surface area contributed by atoms with Gasteiger partial charge >= 0.3 is 0 Å². The Morgan fingerprint density at radius 2 is 1.68 bits per heavy atom. The van der Waals surface area contributed by atoms with E-state index in [2.05, 4.69) is 15.3 Å². The summed E-state index contributed by atoms with van der Waals surface area (Å²) in [4.78, 5) is 36.0. The van der Waals surface area contributed by atoms with Crippen molar-refractivity contribution in [3.8, 4) is 0 Å². The zero-order chi connectivity index (χ0) is 19.3. The molecule has 0 aliphatic carbocycles. The van der Waals surface area contributed by atoms with Crippen molar-refractivity contribution in [2.24, 2.45) is 0 Å². The minimum Gasteiger partial charge on any atom is -0.337 e. The molecule has 28 heavy (non-hydrogen) atoms. The molecule has 3 heterocycles. The van der Waals surface area contributed by atoms with Gasteiger partial charge in [-0.3, -0.25) is 19.6 Å². The van der Waals surface area contributed by atoms with Crippen LogP contribution in [0.3, 0.4) is 0 Å². The van der Waals surface area contributed by atoms with Gasteiger partial charge in [0.2, 0.25) is 0 Å². The van der Waals surface area contributed by atoms with Crippen LogP contribution < -0.4 is 5.32 Å². The zero-order valence-electron chi connectivity index (χ0n) is 15.6. The third-order valence-electron chi connectivity index (χ3n) is 5.02. The number of benzene rings is 1. The normalized spacial score (nSPS) is 14.5. The van der Waals surface area contributed by atoms with Gasteiger partial charge in [-0.1, -0.05) is 31.0 Å². The second-order valence-corrected chi connectivity index (χ2v) is 6.97. The van der Waals surface area contributed by atoms with Gasteiger partial charge in [0.25, 0.3) is 11.8 Å². The van der Waals surface area contributed by atoms with Crippen molar-refractivity contribution < 1.29 is 9.59 Å². The van der Waals surface area contributed by atoms with E-state index in [0.29, 0.717) is 16.9 Å². The molecule has 0 saturated carbocycles. The molecule has 0 bridgehead atoms. The van der Waals surface area contributed by atoms with E-state index in [4.69, 9.17) is 0 Å². The first-order valence-corrected chi connectivity index (χ1v) is 9.63. The molecule has 1 aliphatic rings. The molecule has 0 spiro atoms. The predicted octanol–water partition coefficient (Wildman–Crippen LogP) is 3.90. The fraction of sp³-hybridized carbons (Fsp3) is 0.273. The molecular formula is C22H22N4O2. The SMILES string of the molecule is O=C(Nc1cccc2cccnc12)c1ccnc(C(=O)N2CCCCCC2)c1. The Morgan fingerprint density at radius 1 is 0.893 bits per heavy atom. The number of nitrogens with zero attached hydrogens (tertiary/aromatic N) is 3. The Bertz CT molecular complexity index is 1000. The van der Waals surface area contributed by atoms with Crippen molar-refractivity contribution in [3.63, 3.8) is 0 Å². The summed E-state index contributed by atoms with van der Waals surface area (Å²) in [6.07, 6.45) is 7.54. The van der Waals surface area contributed by atoms with E-state index in [-0.39, 0.29) is 11.8 Å². The van der Waals surface area contributed by atoms with Crippen LogP contribution in [0.25, 0.3) is 10.9 Å². The first-order chi connectivity index (χ1) is 13.7. The lowest BCUT2D eigenvalue weighted by Gasteiger charge is -2.19. The average Bonchev–Trinajstić information content (AvgIpc) is 3.03. The van der Waals surface area contributed by atoms with E-state index in [1.807, 2.05) is 35.2 Å². The van der Waals surface area contributed by atoms with Crippen LogP contribution in [0.4, 0.5) is 5.69 Å². The number of nitrogens with one attached hydrogen (secondary N) is 1. The maximum absolute atomic E-state index is 12.8. The summed E-state index contributed by atoms with van der Waals surface area (Å²) in [5, 5.41) is 3.85. The van der Waals surface area contributed by atoms with Gasteiger partial charge in [0, 0.05) is 36.4 Å². The first kappa shape index (κ1) is 18.1. The number of amides is 2. The summed E-state index contributed by atoms with van der Waals surface area (Å²) in [5.41, 5.74) is 2.08. The summed E-state index contributed by atoms with van der Waals surface area (Å²) in [6, 6.07) is 12.6. The summed E-state index contributed by atoms with van der Waals surface area (Å²) in [7, 11) is 0. The van der Waals surface area contributed by atoms with Gasteiger partial charge in [-0.25, -0.2) is 0 Å². The van der Waals surface area contributed by atoms with Crippen molar-refractivity contribution in [2.75, 3.05) is 18.4 Å². The molecule has 1 fully saturated rings. The number of carbonyl (C=O) groups is 2. The van der Waals surface area contributed by atoms with Crippen LogP contribution in [0.5, 0.6) is 0 Å². The smallest absolute Gasteiger partial charge is 0.272 e. The highest BCUT2D eigenvalue weighted by Gasteiger charge is 2.20. The number of hydrogen-bond donors (Lipinski definition) is 1. The summed E-state index contributed by atoms with van der Waals surface area (Å²) < 4.78 is 0. The number of fused-ring (bicyclic) bond motifs is 1. The molecular weight excluding hydrogens is 352 g/mol. The summed E-state index contributed by atoms with van der Waals surface area (Å²) in [6.45, 7) is 1.50. The molecule has 142 valence electrons. The van der Waals surface area contributed by atoms with E-state index in [1.165, 1.54) is 6.20 Å². The Labute approximate surface area is 163 Å². The molecule has 6 nitrogen and oxygen atoms in total. The van der Waals surface area contributed by atoms with Crippen LogP contribution in [0.2, 0.25) is 0 Å². The number of hydrogen-bond acceptors (Lipinski definition) is 4. The molecule has 0 unspecified atom stereocenters. The van der Waals surface area contributed by atoms with Gasteiger partial charge in [-0.05, 0) is 37.1 Å². The van der Waals surface area contributed by atoms with Gasteiger partial charge < -0.3 is 10.2 Å². The standard InChI is InChI=1S/C22H22N4O2/c27-21(25-18-9-5-7-16-8-6-11-24-20(16)18)17-10-12-23-19(15-17)22(28)26-13-3-1-2-4-14-26/h5-12,15H,1-4,13-14H2,(H,25,27). The third-order valence-corrected chi connectivity index (χ3v) is 5.02. The topological polar surface area (TPSA) is 75.2 Å². The number of anilines is 1. The molecule has 2 amide bonds. The van der Waals surface area contributed by atoms with Gasteiger partial charge in [-0.2, -0.15) is 0 Å². The molecule has 2 aromatic heterocycles. The maximum Gasteiger partial charge on any atom is 0.272 e. The van der Waals surface area contributed by atoms with Gasteiger partial charge in [-0.15, -0.1) is 0 Å². The highest BCUT2D eigenvalue weighted by molar-refractivity contribution is 6.09. The quantitative estimate of drug-likeness (QED) is 0.754. The van der Waals surface area contributed by atoms with Crippen molar-refractivity contribution in [3.05, 3.63) is 66.1 Å². The fourth-order valence-corrected chi connectivity index (χ4v) is 3.52. The lowest BCUT2D eigenvalue weighted by molar-refractivity contribution is 0.0755. The zero-order valence-corrected chi connectivity index (χ0v) is 15.6. The second kappa shape index (κ2) is 8.17. The van der Waals surface area contributed by atoms with Crippen molar-refractivity contribution in [1.82, 2.24) is 14.9 Å². The monoisotopic (exact) mass is 374 g/mol. The van der Waals surface area contributed by atoms with Crippen LogP contribution in [-0.4, -0.2) is 39.8 Å². The van der Waals surface area contributed by atoms with E-state index in [0.717, 1.165) is 49.7 Å². The van der Waals surface area contributed by atoms with Crippen LogP contribution in [0.15, 0.2) is 54.9 Å².